The molecule has 0 saturated carbocycles. The van der Waals surface area contributed by atoms with E-state index in [1.54, 1.807) is 12.1 Å². The van der Waals surface area contributed by atoms with Gasteiger partial charge in [0.1, 0.15) is 23.7 Å². The van der Waals surface area contributed by atoms with E-state index in [1.807, 2.05) is 66.7 Å². The standard InChI is InChI=1S/C30H32N2O5/c1-2-3-7-25(32-24-13-9-22(10-14-24)30(35)31-18-17-29(33)34)20-36-26-15-11-21(12-16-26)28-19-23-6-4-5-8-27(23)37-28/h4-6,8-16,19,25,32H,2-3,7,17-18,20H2,1H3,(H,31,35)(H,33,34). The van der Waals surface area contributed by atoms with Crippen molar-refractivity contribution < 1.29 is 23.8 Å². The molecule has 4 aromatic rings. The minimum Gasteiger partial charge on any atom is -0.491 e. The normalized spacial score (nSPS) is 11.7. The average molecular weight is 501 g/mol. The number of carboxylic acid groups (broad SMARTS) is 1. The molecule has 0 saturated heterocycles. The Morgan fingerprint density at radius 2 is 1.76 bits per heavy atom. The van der Waals surface area contributed by atoms with E-state index in [0.29, 0.717) is 12.2 Å². The van der Waals surface area contributed by atoms with Crippen molar-refractivity contribution in [2.45, 2.75) is 38.6 Å². The molecule has 0 spiro atoms. The highest BCUT2D eigenvalue weighted by Gasteiger charge is 2.12. The number of anilines is 1. The largest absolute Gasteiger partial charge is 0.491 e. The van der Waals surface area contributed by atoms with Crippen LogP contribution in [0.25, 0.3) is 22.3 Å². The van der Waals surface area contributed by atoms with Crippen LogP contribution in [0.5, 0.6) is 5.75 Å². The number of fused-ring (bicyclic) bond motifs is 1. The van der Waals surface area contributed by atoms with Gasteiger partial charge in [0, 0.05) is 28.7 Å². The minimum absolute atomic E-state index is 0.101. The summed E-state index contributed by atoms with van der Waals surface area (Å²) in [5.41, 5.74) is 3.25. The molecule has 3 N–H and O–H groups in total. The van der Waals surface area contributed by atoms with Crippen molar-refractivity contribution in [2.24, 2.45) is 0 Å². The second-order valence-corrected chi connectivity index (χ2v) is 8.94. The first-order valence-corrected chi connectivity index (χ1v) is 12.6. The molecule has 0 aliphatic rings. The van der Waals surface area contributed by atoms with Gasteiger partial charge in [0.2, 0.25) is 0 Å². The zero-order chi connectivity index (χ0) is 26.0. The van der Waals surface area contributed by atoms with Gasteiger partial charge in [0.25, 0.3) is 5.91 Å². The molecule has 4 rings (SSSR count). The maximum Gasteiger partial charge on any atom is 0.305 e. The van der Waals surface area contributed by atoms with E-state index >= 15 is 0 Å². The number of aliphatic carboxylic acids is 1. The lowest BCUT2D eigenvalue weighted by Gasteiger charge is -2.20. The molecule has 7 nitrogen and oxygen atoms in total. The summed E-state index contributed by atoms with van der Waals surface area (Å²) in [7, 11) is 0. The predicted molar refractivity (Wildman–Crippen MR) is 145 cm³/mol. The number of hydrogen-bond acceptors (Lipinski definition) is 5. The molecule has 1 unspecified atom stereocenters. The molecule has 0 bridgehead atoms. The second kappa shape index (κ2) is 12.6. The Bertz CT molecular complexity index is 1280. The summed E-state index contributed by atoms with van der Waals surface area (Å²) >= 11 is 0. The van der Waals surface area contributed by atoms with Crippen LogP contribution < -0.4 is 15.4 Å². The van der Waals surface area contributed by atoms with Gasteiger partial charge in [0.15, 0.2) is 0 Å². The number of unbranched alkanes of at least 4 members (excludes halogenated alkanes) is 1. The fourth-order valence-electron chi connectivity index (χ4n) is 4.02. The van der Waals surface area contributed by atoms with Crippen LogP contribution in [-0.2, 0) is 4.79 Å². The Labute approximate surface area is 216 Å². The van der Waals surface area contributed by atoms with Crippen LogP contribution in [0.4, 0.5) is 5.69 Å². The second-order valence-electron chi connectivity index (χ2n) is 8.94. The number of para-hydroxylation sites is 1. The maximum atomic E-state index is 12.2. The van der Waals surface area contributed by atoms with Crippen LogP contribution in [0.3, 0.4) is 0 Å². The first kappa shape index (κ1) is 25.8. The number of rotatable bonds is 13. The van der Waals surface area contributed by atoms with Gasteiger partial charge in [-0.1, -0.05) is 38.0 Å². The Hall–Kier alpha value is -4.26. The maximum absolute atomic E-state index is 12.2. The molecule has 1 heterocycles. The first-order valence-electron chi connectivity index (χ1n) is 12.6. The number of hydrogen-bond donors (Lipinski definition) is 3. The molecular weight excluding hydrogens is 468 g/mol. The van der Waals surface area contributed by atoms with E-state index in [-0.39, 0.29) is 24.9 Å². The first-order chi connectivity index (χ1) is 18.0. The Morgan fingerprint density at radius 3 is 2.46 bits per heavy atom. The van der Waals surface area contributed by atoms with Gasteiger partial charge in [-0.3, -0.25) is 9.59 Å². The van der Waals surface area contributed by atoms with Crippen LogP contribution in [-0.4, -0.2) is 36.2 Å². The smallest absolute Gasteiger partial charge is 0.305 e. The number of amides is 1. The summed E-state index contributed by atoms with van der Waals surface area (Å²) in [5.74, 6) is 0.387. The van der Waals surface area contributed by atoms with Gasteiger partial charge >= 0.3 is 5.97 Å². The Balaban J connectivity index is 1.33. The third-order valence-electron chi connectivity index (χ3n) is 6.06. The van der Waals surface area contributed by atoms with Crippen molar-refractivity contribution in [3.63, 3.8) is 0 Å². The molecule has 0 aliphatic heterocycles. The molecule has 0 radical (unpaired) electrons. The van der Waals surface area contributed by atoms with Crippen molar-refractivity contribution in [1.82, 2.24) is 5.32 Å². The van der Waals surface area contributed by atoms with E-state index < -0.39 is 5.97 Å². The van der Waals surface area contributed by atoms with Crippen molar-refractivity contribution in [2.75, 3.05) is 18.5 Å². The summed E-state index contributed by atoms with van der Waals surface area (Å²) in [6.07, 6.45) is 2.99. The number of nitrogens with one attached hydrogen (secondary N) is 2. The summed E-state index contributed by atoms with van der Waals surface area (Å²) < 4.78 is 12.1. The predicted octanol–water partition coefficient (Wildman–Crippen LogP) is 6.35. The third-order valence-corrected chi connectivity index (χ3v) is 6.06. The number of benzene rings is 3. The summed E-state index contributed by atoms with van der Waals surface area (Å²) in [6.45, 7) is 2.76. The fraction of sp³-hybridized carbons (Fsp3) is 0.267. The molecule has 3 aromatic carbocycles. The number of furan rings is 1. The van der Waals surface area contributed by atoms with Crippen molar-refractivity contribution in [3.05, 3.63) is 84.4 Å². The quantitative estimate of drug-likeness (QED) is 0.198. The zero-order valence-corrected chi connectivity index (χ0v) is 20.9. The molecular formula is C30H32N2O5. The lowest BCUT2D eigenvalue weighted by molar-refractivity contribution is -0.136. The van der Waals surface area contributed by atoms with E-state index in [1.165, 1.54) is 0 Å². The molecule has 1 amide bonds. The molecule has 37 heavy (non-hydrogen) atoms. The monoisotopic (exact) mass is 500 g/mol. The Kier molecular flexibility index (Phi) is 8.81. The van der Waals surface area contributed by atoms with Gasteiger partial charge in [0.05, 0.1) is 12.5 Å². The molecule has 0 fully saturated rings. The summed E-state index contributed by atoms with van der Waals surface area (Å²) in [6, 6.07) is 25.2. The fourth-order valence-corrected chi connectivity index (χ4v) is 4.02. The van der Waals surface area contributed by atoms with Crippen LogP contribution >= 0.6 is 0 Å². The average Bonchev–Trinajstić information content (AvgIpc) is 3.35. The SMILES string of the molecule is CCCCC(COc1ccc(-c2cc3ccccc3o2)cc1)Nc1ccc(C(=O)NCCC(=O)O)cc1. The Morgan fingerprint density at radius 1 is 1.00 bits per heavy atom. The topological polar surface area (TPSA) is 101 Å². The van der Waals surface area contributed by atoms with Crippen molar-refractivity contribution >= 4 is 28.5 Å². The van der Waals surface area contributed by atoms with Crippen molar-refractivity contribution in [3.8, 4) is 17.1 Å². The minimum atomic E-state index is -0.942. The summed E-state index contributed by atoms with van der Waals surface area (Å²) in [5, 5.41) is 15.9. The van der Waals surface area contributed by atoms with Gasteiger partial charge in [-0.05, 0) is 67.1 Å². The summed E-state index contributed by atoms with van der Waals surface area (Å²) in [4.78, 5) is 22.8. The van der Waals surface area contributed by atoms with Gasteiger partial charge < -0.3 is 24.9 Å². The van der Waals surface area contributed by atoms with Gasteiger partial charge in [-0.15, -0.1) is 0 Å². The van der Waals surface area contributed by atoms with Crippen molar-refractivity contribution in [1.29, 1.82) is 0 Å². The van der Waals surface area contributed by atoms with Crippen LogP contribution in [0.2, 0.25) is 0 Å². The third kappa shape index (κ3) is 7.36. The van der Waals surface area contributed by atoms with E-state index in [4.69, 9.17) is 14.3 Å². The van der Waals surface area contributed by atoms with Crippen LogP contribution in [0.1, 0.15) is 43.0 Å². The highest BCUT2D eigenvalue weighted by molar-refractivity contribution is 5.94. The van der Waals surface area contributed by atoms with Crippen LogP contribution in [0.15, 0.2) is 83.3 Å². The number of carbonyl (C=O) groups is 2. The molecule has 7 heteroatoms. The lowest BCUT2D eigenvalue weighted by atomic mass is 10.1. The van der Waals surface area contributed by atoms with E-state index in [0.717, 1.165) is 53.0 Å². The van der Waals surface area contributed by atoms with Gasteiger partial charge in [-0.2, -0.15) is 0 Å². The number of carboxylic acids is 1. The molecule has 1 aromatic heterocycles. The number of ether oxygens (including phenoxy) is 1. The molecule has 192 valence electrons. The molecule has 1 atom stereocenters. The highest BCUT2D eigenvalue weighted by Crippen LogP contribution is 2.29. The molecule has 0 aliphatic carbocycles. The highest BCUT2D eigenvalue weighted by atomic mass is 16.5. The van der Waals surface area contributed by atoms with E-state index in [9.17, 15) is 9.59 Å². The zero-order valence-electron chi connectivity index (χ0n) is 20.9. The van der Waals surface area contributed by atoms with E-state index in [2.05, 4.69) is 17.6 Å². The van der Waals surface area contributed by atoms with Crippen LogP contribution in [0, 0.1) is 0 Å². The number of carbonyl (C=O) groups excluding carboxylic acids is 1. The lowest BCUT2D eigenvalue weighted by Crippen LogP contribution is -2.27. The van der Waals surface area contributed by atoms with Gasteiger partial charge in [-0.25, -0.2) is 0 Å².